The summed E-state index contributed by atoms with van der Waals surface area (Å²) in [6.45, 7) is 0. The van der Waals surface area contributed by atoms with Crippen molar-refractivity contribution in [3.63, 3.8) is 0 Å². The van der Waals surface area contributed by atoms with Gasteiger partial charge in [0, 0.05) is 3.57 Å². The van der Waals surface area contributed by atoms with Gasteiger partial charge in [0.1, 0.15) is 6.04 Å². The lowest BCUT2D eigenvalue weighted by Gasteiger charge is -2.05. The van der Waals surface area contributed by atoms with Crippen LogP contribution in [0.3, 0.4) is 0 Å². The van der Waals surface area contributed by atoms with Gasteiger partial charge in [0.2, 0.25) is 0 Å². The summed E-state index contributed by atoms with van der Waals surface area (Å²) in [6.07, 6.45) is 0. The monoisotopic (exact) mass is 277 g/mol. The van der Waals surface area contributed by atoms with E-state index in [0.29, 0.717) is 5.56 Å². The van der Waals surface area contributed by atoms with Crippen molar-refractivity contribution in [2.75, 3.05) is 0 Å². The lowest BCUT2D eigenvalue weighted by atomic mass is 10.1. The molecular weight excluding hydrogens is 269 g/mol. The summed E-state index contributed by atoms with van der Waals surface area (Å²) in [4.78, 5) is 10.5. The summed E-state index contributed by atoms with van der Waals surface area (Å²) in [5, 5.41) is 8.60. The first-order valence-corrected chi connectivity index (χ1v) is 4.43. The third kappa shape index (κ3) is 2.18. The molecule has 1 atom stereocenters. The van der Waals surface area contributed by atoms with Crippen LogP contribution in [0, 0.1) is 3.57 Å². The number of hydrogen-bond acceptors (Lipinski definition) is 2. The Morgan fingerprint density at radius 1 is 1.58 bits per heavy atom. The molecule has 0 aliphatic carbocycles. The molecule has 0 fully saturated rings. The molecule has 4 heteroatoms. The second-order valence-corrected chi connectivity index (χ2v) is 3.62. The molecule has 0 aliphatic rings. The van der Waals surface area contributed by atoms with Crippen LogP contribution in [0.15, 0.2) is 24.3 Å². The van der Waals surface area contributed by atoms with Gasteiger partial charge >= 0.3 is 5.97 Å². The van der Waals surface area contributed by atoms with Crippen molar-refractivity contribution in [1.82, 2.24) is 0 Å². The van der Waals surface area contributed by atoms with Crippen molar-refractivity contribution >= 4 is 28.6 Å². The Bertz CT molecular complexity index is 301. The highest BCUT2D eigenvalue weighted by Crippen LogP contribution is 2.13. The molecule has 0 amide bonds. The predicted molar refractivity (Wildman–Crippen MR) is 53.7 cm³/mol. The quantitative estimate of drug-likeness (QED) is 0.803. The molecule has 0 saturated carbocycles. The second-order valence-electron chi connectivity index (χ2n) is 2.37. The first-order valence-electron chi connectivity index (χ1n) is 3.35. The van der Waals surface area contributed by atoms with Crippen molar-refractivity contribution in [2.24, 2.45) is 5.73 Å². The summed E-state index contributed by atoms with van der Waals surface area (Å²) in [5.41, 5.74) is 6.04. The first kappa shape index (κ1) is 9.47. The van der Waals surface area contributed by atoms with E-state index in [0.717, 1.165) is 3.57 Å². The number of rotatable bonds is 2. The van der Waals surface area contributed by atoms with Crippen molar-refractivity contribution < 1.29 is 9.90 Å². The average Bonchev–Trinajstić information content (AvgIpc) is 2.03. The average molecular weight is 277 g/mol. The Morgan fingerprint density at radius 2 is 2.25 bits per heavy atom. The molecule has 0 aromatic heterocycles. The third-order valence-electron chi connectivity index (χ3n) is 1.47. The molecule has 1 rings (SSSR count). The molecule has 1 unspecified atom stereocenters. The van der Waals surface area contributed by atoms with E-state index in [2.05, 4.69) is 22.6 Å². The van der Waals surface area contributed by atoms with Gasteiger partial charge in [-0.3, -0.25) is 4.79 Å². The van der Waals surface area contributed by atoms with E-state index in [-0.39, 0.29) is 0 Å². The maximum absolute atomic E-state index is 10.5. The highest BCUT2D eigenvalue weighted by Gasteiger charge is 2.13. The van der Waals surface area contributed by atoms with E-state index in [9.17, 15) is 4.79 Å². The number of carboxylic acid groups (broad SMARTS) is 1. The predicted octanol–water partition coefficient (Wildman–Crippen LogP) is 1.38. The molecule has 3 nitrogen and oxygen atoms in total. The molecule has 1 aromatic rings. The van der Waals surface area contributed by atoms with Crippen LogP contribution in [0.1, 0.15) is 11.6 Å². The number of benzene rings is 1. The minimum atomic E-state index is -1.00. The fourth-order valence-electron chi connectivity index (χ4n) is 0.843. The minimum Gasteiger partial charge on any atom is -0.480 e. The molecule has 64 valence electrons. The number of carbonyl (C=O) groups is 1. The van der Waals surface area contributed by atoms with E-state index in [1.807, 2.05) is 6.07 Å². The van der Waals surface area contributed by atoms with Crippen molar-refractivity contribution in [1.29, 1.82) is 0 Å². The molecule has 0 radical (unpaired) electrons. The Balaban J connectivity index is 2.95. The van der Waals surface area contributed by atoms with Crippen LogP contribution in [0.4, 0.5) is 0 Å². The largest absolute Gasteiger partial charge is 0.480 e. The molecule has 0 bridgehead atoms. The van der Waals surface area contributed by atoms with Gasteiger partial charge in [-0.15, -0.1) is 0 Å². The van der Waals surface area contributed by atoms with E-state index in [1.54, 1.807) is 18.2 Å². The van der Waals surface area contributed by atoms with Crippen molar-refractivity contribution in [3.8, 4) is 0 Å². The lowest BCUT2D eigenvalue weighted by Crippen LogP contribution is -2.20. The normalized spacial score (nSPS) is 12.5. The third-order valence-corrected chi connectivity index (χ3v) is 2.14. The van der Waals surface area contributed by atoms with E-state index in [1.165, 1.54) is 0 Å². The van der Waals surface area contributed by atoms with E-state index < -0.39 is 12.0 Å². The van der Waals surface area contributed by atoms with Gasteiger partial charge in [-0.05, 0) is 40.3 Å². The summed E-state index contributed by atoms with van der Waals surface area (Å²) in [7, 11) is 0. The molecule has 0 saturated heterocycles. The smallest absolute Gasteiger partial charge is 0.325 e. The van der Waals surface area contributed by atoms with Crippen LogP contribution in [0.25, 0.3) is 0 Å². The maximum atomic E-state index is 10.5. The molecule has 3 N–H and O–H groups in total. The van der Waals surface area contributed by atoms with Crippen LogP contribution in [-0.4, -0.2) is 11.1 Å². The van der Waals surface area contributed by atoms with Crippen molar-refractivity contribution in [3.05, 3.63) is 33.4 Å². The Kier molecular flexibility index (Phi) is 3.05. The zero-order valence-corrected chi connectivity index (χ0v) is 8.36. The van der Waals surface area contributed by atoms with Gasteiger partial charge in [0.15, 0.2) is 0 Å². The molecule has 0 heterocycles. The number of aliphatic carboxylic acids is 1. The first-order chi connectivity index (χ1) is 5.61. The zero-order chi connectivity index (χ0) is 9.14. The van der Waals surface area contributed by atoms with Crippen LogP contribution in [0.2, 0.25) is 0 Å². The zero-order valence-electron chi connectivity index (χ0n) is 6.20. The lowest BCUT2D eigenvalue weighted by molar-refractivity contribution is -0.138. The molecular formula is C8H8INO2. The van der Waals surface area contributed by atoms with Gasteiger partial charge < -0.3 is 10.8 Å². The van der Waals surface area contributed by atoms with E-state index in [4.69, 9.17) is 10.8 Å². The van der Waals surface area contributed by atoms with Crippen LogP contribution in [-0.2, 0) is 4.79 Å². The van der Waals surface area contributed by atoms with Crippen LogP contribution >= 0.6 is 22.6 Å². The number of hydrogen-bond donors (Lipinski definition) is 2. The second kappa shape index (κ2) is 3.86. The highest BCUT2D eigenvalue weighted by molar-refractivity contribution is 14.1. The number of halogens is 1. The Labute approximate surface area is 83.7 Å². The fraction of sp³-hybridized carbons (Fsp3) is 0.125. The molecule has 0 spiro atoms. The molecule has 0 aliphatic heterocycles. The summed E-state index contributed by atoms with van der Waals surface area (Å²) in [5.74, 6) is -1.00. The molecule has 12 heavy (non-hydrogen) atoms. The standard InChI is InChI=1S/C8H8INO2/c9-6-3-1-2-5(4-6)7(10)8(11)12/h1-4,7H,10H2,(H,11,12). The van der Waals surface area contributed by atoms with E-state index >= 15 is 0 Å². The van der Waals surface area contributed by atoms with Gasteiger partial charge in [0.05, 0.1) is 0 Å². The SMILES string of the molecule is NC(C(=O)O)c1cccc(I)c1. The topological polar surface area (TPSA) is 63.3 Å². The number of nitrogens with two attached hydrogens (primary N) is 1. The summed E-state index contributed by atoms with van der Waals surface area (Å²) < 4.78 is 0.988. The van der Waals surface area contributed by atoms with Crippen molar-refractivity contribution in [2.45, 2.75) is 6.04 Å². The highest BCUT2D eigenvalue weighted by atomic mass is 127. The van der Waals surface area contributed by atoms with Crippen LogP contribution in [0.5, 0.6) is 0 Å². The van der Waals surface area contributed by atoms with Gasteiger partial charge in [0.25, 0.3) is 0 Å². The maximum Gasteiger partial charge on any atom is 0.325 e. The van der Waals surface area contributed by atoms with Gasteiger partial charge in [-0.2, -0.15) is 0 Å². The summed E-state index contributed by atoms with van der Waals surface area (Å²) >= 11 is 2.11. The van der Waals surface area contributed by atoms with Gasteiger partial charge in [-0.1, -0.05) is 12.1 Å². The fourth-order valence-corrected chi connectivity index (χ4v) is 1.41. The Hall–Kier alpha value is -0.620. The minimum absolute atomic E-state index is 0.634. The van der Waals surface area contributed by atoms with Crippen LogP contribution < -0.4 is 5.73 Å². The number of carboxylic acids is 1. The molecule has 1 aromatic carbocycles. The summed E-state index contributed by atoms with van der Waals surface area (Å²) in [6, 6.07) is 6.23. The van der Waals surface area contributed by atoms with Gasteiger partial charge in [-0.25, -0.2) is 0 Å². The Morgan fingerprint density at radius 3 is 2.75 bits per heavy atom.